The van der Waals surface area contributed by atoms with Crippen LogP contribution in [-0.4, -0.2) is 18.1 Å². The lowest BCUT2D eigenvalue weighted by Gasteiger charge is -2.07. The van der Waals surface area contributed by atoms with Gasteiger partial charge >= 0.3 is 5.97 Å². The molecule has 6 heteroatoms. The lowest BCUT2D eigenvalue weighted by Crippen LogP contribution is -2.17. The second-order valence-corrected chi connectivity index (χ2v) is 9.96. The Hall–Kier alpha value is -4.58. The molecule has 210 valence electrons. The number of carbonyl (C=O) groups excluding carboxylic acids is 2. The van der Waals surface area contributed by atoms with E-state index in [1.807, 2.05) is 12.1 Å². The van der Waals surface area contributed by atoms with Gasteiger partial charge in [-0.25, -0.2) is 14.6 Å². The number of benzene rings is 4. The topological polar surface area (TPSA) is 67.8 Å². The number of hydrogen-bond donors (Lipinski definition) is 1. The molecule has 0 saturated heterocycles. The highest BCUT2D eigenvalue weighted by molar-refractivity contribution is 5.95. The van der Waals surface area contributed by atoms with E-state index in [0.717, 1.165) is 17.5 Å². The van der Waals surface area contributed by atoms with Crippen molar-refractivity contribution in [3.05, 3.63) is 125 Å². The summed E-state index contributed by atoms with van der Waals surface area (Å²) in [5.74, 6) is -0.910. The first kappa shape index (κ1) is 29.4. The zero-order chi connectivity index (χ0) is 28.9. The highest BCUT2D eigenvalue weighted by Gasteiger charge is 2.09. The summed E-state index contributed by atoms with van der Waals surface area (Å²) in [4.78, 5) is 24.7. The Kier molecular flexibility index (Phi) is 11.0. The van der Waals surface area contributed by atoms with Gasteiger partial charge in [-0.3, -0.25) is 4.79 Å². The standard InChI is InChI=1S/C35H35FN2O3/c1-2-3-4-5-6-7-8-26-9-13-28(14-10-26)29-15-17-31(18-16-29)35(40)41-33-23-11-27(12-24-33)25-37-38-34(39)30-19-21-32(36)22-20-30/h9-25H,2-8H2,1H3,(H,38,39)/b37-25-. The zero-order valence-corrected chi connectivity index (χ0v) is 23.3. The molecule has 0 spiro atoms. The minimum absolute atomic E-state index is 0.301. The van der Waals surface area contributed by atoms with Gasteiger partial charge in [-0.05, 0) is 95.8 Å². The van der Waals surface area contributed by atoms with E-state index < -0.39 is 17.7 Å². The lowest BCUT2D eigenvalue weighted by atomic mass is 10.00. The van der Waals surface area contributed by atoms with Crippen molar-refractivity contribution in [2.45, 2.75) is 51.9 Å². The predicted octanol–water partition coefficient (Wildman–Crippen LogP) is 8.38. The van der Waals surface area contributed by atoms with Crippen LogP contribution in [0.2, 0.25) is 0 Å². The Morgan fingerprint density at radius 1 is 0.732 bits per heavy atom. The van der Waals surface area contributed by atoms with Crippen LogP contribution in [0.4, 0.5) is 4.39 Å². The second-order valence-electron chi connectivity index (χ2n) is 9.96. The highest BCUT2D eigenvalue weighted by Crippen LogP contribution is 2.22. The molecule has 0 atom stereocenters. The van der Waals surface area contributed by atoms with Crippen molar-refractivity contribution in [1.82, 2.24) is 5.43 Å². The van der Waals surface area contributed by atoms with E-state index in [-0.39, 0.29) is 0 Å². The van der Waals surface area contributed by atoms with Crippen LogP contribution >= 0.6 is 0 Å². The predicted molar refractivity (Wildman–Crippen MR) is 162 cm³/mol. The fraction of sp³-hybridized carbons (Fsp3) is 0.229. The molecule has 0 aliphatic rings. The highest BCUT2D eigenvalue weighted by atomic mass is 19.1. The average molecular weight is 551 g/mol. The van der Waals surface area contributed by atoms with Crippen molar-refractivity contribution in [2.24, 2.45) is 5.10 Å². The van der Waals surface area contributed by atoms with Crippen LogP contribution in [0.15, 0.2) is 102 Å². The van der Waals surface area contributed by atoms with E-state index in [1.165, 1.54) is 74.6 Å². The Morgan fingerprint density at radius 2 is 1.32 bits per heavy atom. The van der Waals surface area contributed by atoms with Crippen LogP contribution in [0.5, 0.6) is 5.75 Å². The molecule has 0 unspecified atom stereocenters. The molecule has 0 bridgehead atoms. The van der Waals surface area contributed by atoms with Crippen LogP contribution in [0.3, 0.4) is 0 Å². The van der Waals surface area contributed by atoms with E-state index in [1.54, 1.807) is 36.4 Å². The van der Waals surface area contributed by atoms with Crippen molar-refractivity contribution in [3.8, 4) is 16.9 Å². The number of hydrogen-bond acceptors (Lipinski definition) is 4. The molecule has 0 heterocycles. The third-order valence-corrected chi connectivity index (χ3v) is 6.80. The lowest BCUT2D eigenvalue weighted by molar-refractivity contribution is 0.0734. The molecule has 0 saturated carbocycles. The summed E-state index contributed by atoms with van der Waals surface area (Å²) in [6, 6.07) is 28.0. The number of hydrazone groups is 1. The van der Waals surface area contributed by atoms with Gasteiger partial charge in [0.2, 0.25) is 0 Å². The van der Waals surface area contributed by atoms with Crippen molar-refractivity contribution in [3.63, 3.8) is 0 Å². The van der Waals surface area contributed by atoms with Gasteiger partial charge in [0.25, 0.3) is 5.91 Å². The number of nitrogens with one attached hydrogen (secondary N) is 1. The van der Waals surface area contributed by atoms with Gasteiger partial charge in [0.05, 0.1) is 11.8 Å². The molecular formula is C35H35FN2O3. The van der Waals surface area contributed by atoms with Gasteiger partial charge in [-0.2, -0.15) is 5.10 Å². The minimum atomic E-state index is -0.446. The fourth-order valence-electron chi connectivity index (χ4n) is 4.39. The van der Waals surface area contributed by atoms with Crippen molar-refractivity contribution in [2.75, 3.05) is 0 Å². The van der Waals surface area contributed by atoms with Crippen LogP contribution in [0.1, 0.15) is 77.3 Å². The van der Waals surface area contributed by atoms with Gasteiger partial charge < -0.3 is 4.74 Å². The van der Waals surface area contributed by atoms with Gasteiger partial charge in [0.15, 0.2) is 0 Å². The van der Waals surface area contributed by atoms with Crippen molar-refractivity contribution in [1.29, 1.82) is 0 Å². The Bertz CT molecular complexity index is 1430. The number of unbranched alkanes of at least 4 members (excludes halogenated alkanes) is 5. The minimum Gasteiger partial charge on any atom is -0.423 e. The Morgan fingerprint density at radius 3 is 1.98 bits per heavy atom. The summed E-state index contributed by atoms with van der Waals surface area (Å²) in [5.41, 5.74) is 7.37. The molecule has 1 amide bonds. The fourth-order valence-corrected chi connectivity index (χ4v) is 4.39. The third-order valence-electron chi connectivity index (χ3n) is 6.80. The van der Waals surface area contributed by atoms with Gasteiger partial charge in [-0.15, -0.1) is 0 Å². The van der Waals surface area contributed by atoms with E-state index in [0.29, 0.717) is 22.4 Å². The number of esters is 1. The van der Waals surface area contributed by atoms with Crippen LogP contribution in [0, 0.1) is 5.82 Å². The Balaban J connectivity index is 1.24. The molecule has 0 aromatic heterocycles. The van der Waals surface area contributed by atoms with Gasteiger partial charge in [-0.1, -0.05) is 75.4 Å². The SMILES string of the molecule is CCCCCCCCc1ccc(-c2ccc(C(=O)Oc3ccc(/C=N\NC(=O)c4ccc(F)cc4)cc3)cc2)cc1. The molecule has 4 rings (SSSR count). The summed E-state index contributed by atoms with van der Waals surface area (Å²) in [6.45, 7) is 2.24. The van der Waals surface area contributed by atoms with Crippen LogP contribution < -0.4 is 10.2 Å². The Labute approximate surface area is 241 Å². The maximum Gasteiger partial charge on any atom is 0.343 e. The summed E-state index contributed by atoms with van der Waals surface area (Å²) < 4.78 is 18.5. The number of nitrogens with zero attached hydrogens (tertiary/aromatic N) is 1. The normalized spacial score (nSPS) is 11.0. The zero-order valence-electron chi connectivity index (χ0n) is 23.3. The van der Waals surface area contributed by atoms with Crippen molar-refractivity contribution < 1.29 is 18.7 Å². The molecule has 4 aromatic rings. The summed E-state index contributed by atoms with van der Waals surface area (Å²) in [6.07, 6.45) is 10.4. The molecule has 41 heavy (non-hydrogen) atoms. The van der Waals surface area contributed by atoms with E-state index in [4.69, 9.17) is 4.74 Å². The number of halogens is 1. The molecule has 1 N–H and O–H groups in total. The van der Waals surface area contributed by atoms with Crippen molar-refractivity contribution >= 4 is 18.1 Å². The number of carbonyl (C=O) groups is 2. The summed E-state index contributed by atoms with van der Waals surface area (Å²) in [7, 11) is 0. The molecule has 0 aliphatic heterocycles. The van der Waals surface area contributed by atoms with E-state index >= 15 is 0 Å². The van der Waals surface area contributed by atoms with Gasteiger partial charge in [0, 0.05) is 5.56 Å². The number of amides is 1. The number of ether oxygens (including phenoxy) is 1. The molecule has 0 aliphatic carbocycles. The maximum atomic E-state index is 13.0. The third kappa shape index (κ3) is 9.24. The van der Waals surface area contributed by atoms with E-state index in [9.17, 15) is 14.0 Å². The smallest absolute Gasteiger partial charge is 0.343 e. The first-order valence-electron chi connectivity index (χ1n) is 14.1. The largest absolute Gasteiger partial charge is 0.423 e. The first-order valence-corrected chi connectivity index (χ1v) is 14.1. The second kappa shape index (κ2) is 15.3. The van der Waals surface area contributed by atoms with E-state index in [2.05, 4.69) is 41.7 Å². The first-order chi connectivity index (χ1) is 20.0. The number of rotatable bonds is 13. The molecule has 4 aromatic carbocycles. The maximum absolute atomic E-state index is 13.0. The number of aryl methyl sites for hydroxylation is 1. The van der Waals surface area contributed by atoms with Crippen LogP contribution in [0.25, 0.3) is 11.1 Å². The monoisotopic (exact) mass is 550 g/mol. The summed E-state index contributed by atoms with van der Waals surface area (Å²) in [5, 5.41) is 3.92. The molecule has 0 fully saturated rings. The molecule has 5 nitrogen and oxygen atoms in total. The van der Waals surface area contributed by atoms with Crippen LogP contribution in [-0.2, 0) is 6.42 Å². The quantitative estimate of drug-likeness (QED) is 0.0598. The van der Waals surface area contributed by atoms with Gasteiger partial charge in [0.1, 0.15) is 11.6 Å². The average Bonchev–Trinajstić information content (AvgIpc) is 3.00. The molecular weight excluding hydrogens is 515 g/mol. The molecule has 0 radical (unpaired) electrons. The summed E-state index contributed by atoms with van der Waals surface area (Å²) >= 11 is 0.